The third-order valence-electron chi connectivity index (χ3n) is 3.12. The molecule has 2 aromatic rings. The molecule has 0 bridgehead atoms. The fourth-order valence-electron chi connectivity index (χ4n) is 1.91. The van der Waals surface area contributed by atoms with Gasteiger partial charge in [-0.05, 0) is 60.4 Å². The molecule has 18 heavy (non-hydrogen) atoms. The van der Waals surface area contributed by atoms with E-state index in [0.717, 1.165) is 22.3 Å². The highest BCUT2D eigenvalue weighted by Crippen LogP contribution is 2.28. The largest absolute Gasteiger partial charge is 0.508 e. The van der Waals surface area contributed by atoms with E-state index in [2.05, 4.69) is 0 Å². The molecule has 2 rings (SSSR count). The van der Waals surface area contributed by atoms with Gasteiger partial charge in [0.1, 0.15) is 11.5 Å². The molecule has 0 aromatic heterocycles. The van der Waals surface area contributed by atoms with E-state index in [1.54, 1.807) is 24.3 Å². The van der Waals surface area contributed by atoms with E-state index in [-0.39, 0.29) is 11.5 Å². The van der Waals surface area contributed by atoms with Crippen molar-refractivity contribution in [2.45, 2.75) is 13.8 Å². The zero-order valence-corrected chi connectivity index (χ0v) is 10.5. The van der Waals surface area contributed by atoms with Crippen molar-refractivity contribution in [1.29, 1.82) is 0 Å². The van der Waals surface area contributed by atoms with E-state index in [1.165, 1.54) is 0 Å². The number of phenols is 2. The van der Waals surface area contributed by atoms with Crippen LogP contribution in [-0.2, 0) is 0 Å². The van der Waals surface area contributed by atoms with Crippen molar-refractivity contribution in [3.63, 3.8) is 0 Å². The summed E-state index contributed by atoms with van der Waals surface area (Å²) in [4.78, 5) is 0. The second-order valence-corrected chi connectivity index (χ2v) is 4.35. The average molecular weight is 240 g/mol. The molecule has 0 spiro atoms. The summed E-state index contributed by atoms with van der Waals surface area (Å²) in [5.74, 6) is 0.520. The van der Waals surface area contributed by atoms with Gasteiger partial charge >= 0.3 is 0 Å². The predicted molar refractivity (Wildman–Crippen MR) is 74.4 cm³/mol. The van der Waals surface area contributed by atoms with Gasteiger partial charge in [0.2, 0.25) is 0 Å². The van der Waals surface area contributed by atoms with Crippen LogP contribution in [0.25, 0.3) is 11.1 Å². The average Bonchev–Trinajstić information content (AvgIpc) is 2.37. The van der Waals surface area contributed by atoms with Gasteiger partial charge in [0, 0.05) is 0 Å². The molecule has 2 N–H and O–H groups in total. The second-order valence-electron chi connectivity index (χ2n) is 4.35. The maximum Gasteiger partial charge on any atom is 0.116 e. The van der Waals surface area contributed by atoms with E-state index < -0.39 is 0 Å². The minimum Gasteiger partial charge on any atom is -0.508 e. The molecule has 0 aliphatic heterocycles. The molecule has 0 aliphatic carbocycles. The third kappa shape index (κ3) is 2.54. The Morgan fingerprint density at radius 2 is 1.11 bits per heavy atom. The van der Waals surface area contributed by atoms with Gasteiger partial charge in [-0.2, -0.15) is 0 Å². The maximum atomic E-state index is 9.50. The highest BCUT2D eigenvalue weighted by molar-refractivity contribution is 5.89. The summed E-state index contributed by atoms with van der Waals surface area (Å²) >= 11 is 0. The predicted octanol–water partition coefficient (Wildman–Crippen LogP) is 4.05. The van der Waals surface area contributed by atoms with Crippen LogP contribution in [0.15, 0.2) is 48.5 Å². The summed E-state index contributed by atoms with van der Waals surface area (Å²) in [6.07, 6.45) is 0. The Morgan fingerprint density at radius 3 is 1.44 bits per heavy atom. The van der Waals surface area contributed by atoms with Crippen molar-refractivity contribution < 1.29 is 10.2 Å². The number of phenolic OH excluding ortho intramolecular Hbond substituents is 2. The van der Waals surface area contributed by atoms with Crippen molar-refractivity contribution in [1.82, 2.24) is 0 Å². The minimum absolute atomic E-state index is 0.260. The van der Waals surface area contributed by atoms with Gasteiger partial charge in [-0.1, -0.05) is 24.3 Å². The molecular weight excluding hydrogens is 224 g/mol. The zero-order chi connectivity index (χ0) is 13.1. The Morgan fingerprint density at radius 1 is 0.722 bits per heavy atom. The van der Waals surface area contributed by atoms with Gasteiger partial charge in [0.15, 0.2) is 0 Å². The maximum absolute atomic E-state index is 9.50. The molecule has 2 nitrogen and oxygen atoms in total. The topological polar surface area (TPSA) is 40.5 Å². The Balaban J connectivity index is 2.47. The number of aromatic hydroxyl groups is 2. The first-order valence-corrected chi connectivity index (χ1v) is 5.84. The lowest BCUT2D eigenvalue weighted by atomic mass is 9.97. The molecule has 0 saturated carbocycles. The van der Waals surface area contributed by atoms with Crippen LogP contribution in [0.1, 0.15) is 25.0 Å². The van der Waals surface area contributed by atoms with Gasteiger partial charge in [-0.3, -0.25) is 0 Å². The van der Waals surface area contributed by atoms with Crippen LogP contribution >= 0.6 is 0 Å². The van der Waals surface area contributed by atoms with Gasteiger partial charge in [0.05, 0.1) is 0 Å². The Bertz CT molecular complexity index is 544. The second kappa shape index (κ2) is 4.96. The third-order valence-corrected chi connectivity index (χ3v) is 3.12. The van der Waals surface area contributed by atoms with E-state index in [0.29, 0.717) is 0 Å². The summed E-state index contributed by atoms with van der Waals surface area (Å²) in [7, 11) is 0. The van der Waals surface area contributed by atoms with Gasteiger partial charge in [-0.15, -0.1) is 0 Å². The smallest absolute Gasteiger partial charge is 0.116 e. The first-order valence-electron chi connectivity index (χ1n) is 5.84. The standard InChI is InChI=1S/C16H16O2/c1-11(13-5-3-7-15(17)9-13)12(2)14-6-4-8-16(18)10-14/h3-10,17-18H,1-2H3/b12-11-. The Labute approximate surface area is 107 Å². The van der Waals surface area contributed by atoms with E-state index in [9.17, 15) is 10.2 Å². The Hall–Kier alpha value is -2.22. The van der Waals surface area contributed by atoms with Crippen LogP contribution in [-0.4, -0.2) is 10.2 Å². The molecule has 92 valence electrons. The molecule has 0 unspecified atom stereocenters. The Kier molecular flexibility index (Phi) is 3.38. The lowest BCUT2D eigenvalue weighted by Gasteiger charge is -2.09. The molecule has 2 aromatic carbocycles. The zero-order valence-electron chi connectivity index (χ0n) is 10.5. The molecule has 0 heterocycles. The quantitative estimate of drug-likeness (QED) is 0.777. The van der Waals surface area contributed by atoms with E-state index >= 15 is 0 Å². The molecular formula is C16H16O2. The SMILES string of the molecule is C/C(=C(\C)c1cccc(O)c1)c1cccc(O)c1. The van der Waals surface area contributed by atoms with Crippen LogP contribution in [0.2, 0.25) is 0 Å². The lowest BCUT2D eigenvalue weighted by molar-refractivity contribution is 0.474. The van der Waals surface area contributed by atoms with Crippen molar-refractivity contribution in [2.75, 3.05) is 0 Å². The lowest BCUT2D eigenvalue weighted by Crippen LogP contribution is -1.86. The molecule has 0 saturated heterocycles. The van der Waals surface area contributed by atoms with E-state index in [4.69, 9.17) is 0 Å². The number of rotatable bonds is 2. The number of allylic oxidation sites excluding steroid dienone is 2. The van der Waals surface area contributed by atoms with Gasteiger partial charge in [-0.25, -0.2) is 0 Å². The molecule has 0 radical (unpaired) electrons. The summed E-state index contributed by atoms with van der Waals surface area (Å²) in [6, 6.07) is 14.3. The summed E-state index contributed by atoms with van der Waals surface area (Å²) in [5, 5.41) is 19.0. The fourth-order valence-corrected chi connectivity index (χ4v) is 1.91. The van der Waals surface area contributed by atoms with Crippen LogP contribution in [0, 0.1) is 0 Å². The van der Waals surface area contributed by atoms with Gasteiger partial charge in [0.25, 0.3) is 0 Å². The summed E-state index contributed by atoms with van der Waals surface area (Å²) < 4.78 is 0. The summed E-state index contributed by atoms with van der Waals surface area (Å²) in [6.45, 7) is 4.02. The van der Waals surface area contributed by atoms with Crippen molar-refractivity contribution >= 4 is 11.1 Å². The number of benzene rings is 2. The minimum atomic E-state index is 0.260. The van der Waals surface area contributed by atoms with Crippen LogP contribution in [0.4, 0.5) is 0 Å². The van der Waals surface area contributed by atoms with E-state index in [1.807, 2.05) is 38.1 Å². The fraction of sp³-hybridized carbons (Fsp3) is 0.125. The molecule has 0 amide bonds. The van der Waals surface area contributed by atoms with Crippen LogP contribution in [0.5, 0.6) is 11.5 Å². The number of hydrogen-bond acceptors (Lipinski definition) is 2. The van der Waals surface area contributed by atoms with Crippen molar-refractivity contribution in [2.24, 2.45) is 0 Å². The van der Waals surface area contributed by atoms with Crippen LogP contribution in [0.3, 0.4) is 0 Å². The molecule has 0 aliphatic rings. The first-order chi connectivity index (χ1) is 8.58. The molecule has 0 atom stereocenters. The highest BCUT2D eigenvalue weighted by Gasteiger charge is 2.04. The molecule has 0 fully saturated rings. The van der Waals surface area contributed by atoms with Gasteiger partial charge < -0.3 is 10.2 Å². The first kappa shape index (κ1) is 12.2. The number of hydrogen-bond donors (Lipinski definition) is 2. The normalized spacial score (nSPS) is 12.1. The van der Waals surface area contributed by atoms with Crippen LogP contribution < -0.4 is 0 Å². The highest BCUT2D eigenvalue weighted by atomic mass is 16.3. The summed E-state index contributed by atoms with van der Waals surface area (Å²) in [5.41, 5.74) is 4.12. The molecule has 2 heteroatoms. The van der Waals surface area contributed by atoms with Crippen molar-refractivity contribution in [3.05, 3.63) is 59.7 Å². The van der Waals surface area contributed by atoms with Crippen molar-refractivity contribution in [3.8, 4) is 11.5 Å². The monoisotopic (exact) mass is 240 g/mol.